The number of halogens is 2. The van der Waals surface area contributed by atoms with Gasteiger partial charge in [0.15, 0.2) is 0 Å². The molecule has 0 aliphatic heterocycles. The summed E-state index contributed by atoms with van der Waals surface area (Å²) in [6.07, 6.45) is 6.80. The molecule has 0 amide bonds. The molecule has 0 fully saturated rings. The molecule has 0 saturated carbocycles. The molecule has 0 bridgehead atoms. The van der Waals surface area contributed by atoms with Gasteiger partial charge in [-0.2, -0.15) is 0 Å². The second-order valence-electron chi connectivity index (χ2n) is 10.2. The van der Waals surface area contributed by atoms with E-state index in [1.807, 2.05) is 38.1 Å². The van der Waals surface area contributed by atoms with Crippen LogP contribution in [0.25, 0.3) is 22.3 Å². The van der Waals surface area contributed by atoms with E-state index in [1.54, 1.807) is 48.8 Å². The number of imidazole rings is 1. The first-order chi connectivity index (χ1) is 20.4. The van der Waals surface area contributed by atoms with Crippen LogP contribution in [0.3, 0.4) is 0 Å². The average molecular weight is 559 g/mol. The molecule has 0 radical (unpaired) electrons. The number of aryl methyl sites for hydroxylation is 2. The van der Waals surface area contributed by atoms with Crippen molar-refractivity contribution >= 4 is 11.1 Å². The molecule has 2 heterocycles. The number of hydrogen-bond donors (Lipinski definition) is 2. The number of allylic oxidation sites excluding steroid dienone is 2. The van der Waals surface area contributed by atoms with Gasteiger partial charge in [-0.25, -0.2) is 13.8 Å². The summed E-state index contributed by atoms with van der Waals surface area (Å²) in [6, 6.07) is 22.0. The van der Waals surface area contributed by atoms with E-state index in [1.165, 1.54) is 17.7 Å². The van der Waals surface area contributed by atoms with Crippen LogP contribution in [0.2, 0.25) is 0 Å². The summed E-state index contributed by atoms with van der Waals surface area (Å²) in [5.41, 5.74) is 7.69. The molecule has 2 N–H and O–H groups in total. The van der Waals surface area contributed by atoms with E-state index in [0.29, 0.717) is 45.9 Å². The van der Waals surface area contributed by atoms with Crippen LogP contribution in [0.15, 0.2) is 111 Å². The molecular formula is C36H32F2N4. The summed E-state index contributed by atoms with van der Waals surface area (Å²) in [7, 11) is 0. The minimum absolute atomic E-state index is 0.340. The molecule has 210 valence electrons. The summed E-state index contributed by atoms with van der Waals surface area (Å²) in [5.74, 6) is -0.169. The van der Waals surface area contributed by atoms with Crippen molar-refractivity contribution in [3.63, 3.8) is 0 Å². The Hall–Kier alpha value is -4.94. The molecule has 5 rings (SSSR count). The van der Waals surface area contributed by atoms with E-state index in [4.69, 9.17) is 4.98 Å². The predicted molar refractivity (Wildman–Crippen MR) is 166 cm³/mol. The quantitative estimate of drug-likeness (QED) is 0.169. The first-order valence-electron chi connectivity index (χ1n) is 13.7. The van der Waals surface area contributed by atoms with Crippen LogP contribution in [0.4, 0.5) is 8.78 Å². The first kappa shape index (κ1) is 28.6. The third-order valence-corrected chi connectivity index (χ3v) is 7.12. The Kier molecular flexibility index (Phi) is 8.65. The van der Waals surface area contributed by atoms with Gasteiger partial charge in [0.2, 0.25) is 0 Å². The second-order valence-corrected chi connectivity index (χ2v) is 10.2. The fourth-order valence-corrected chi connectivity index (χ4v) is 4.98. The highest BCUT2D eigenvalue weighted by atomic mass is 19.1. The number of rotatable bonds is 10. The van der Waals surface area contributed by atoms with Crippen LogP contribution in [0.5, 0.6) is 0 Å². The number of nitrogens with zero attached hydrogens (tertiary/aromatic N) is 2. The van der Waals surface area contributed by atoms with Crippen molar-refractivity contribution in [3.8, 4) is 11.1 Å². The zero-order chi connectivity index (χ0) is 29.6. The first-order valence-corrected chi connectivity index (χ1v) is 13.7. The lowest BCUT2D eigenvalue weighted by Gasteiger charge is -2.13. The number of aromatic nitrogens is 3. The molecule has 0 spiro atoms. The Morgan fingerprint density at radius 1 is 0.881 bits per heavy atom. The lowest BCUT2D eigenvalue weighted by atomic mass is 9.95. The Balaban J connectivity index is 1.43. The summed E-state index contributed by atoms with van der Waals surface area (Å²) < 4.78 is 30.0. The minimum Gasteiger partial charge on any atom is -0.342 e. The monoisotopic (exact) mass is 558 g/mol. The third kappa shape index (κ3) is 6.19. The predicted octanol–water partition coefficient (Wildman–Crippen LogP) is 8.34. The largest absolute Gasteiger partial charge is 0.342 e. The Bertz CT molecular complexity index is 1780. The number of aromatic amines is 1. The number of hydrogen-bond acceptors (Lipinski definition) is 3. The van der Waals surface area contributed by atoms with Gasteiger partial charge in [-0.15, -0.1) is 0 Å². The van der Waals surface area contributed by atoms with Crippen molar-refractivity contribution in [1.29, 1.82) is 0 Å². The standard InChI is InChI=1S/C36H32F2N4/c1-5-11-30(29-14-9-10-15-33(29)37)35-25(4)41-36(42-35)24(3)31-18-32(34(38)16-23(31)2)28-17-27(21-40-22-28)20-39-19-26-12-7-6-8-13-26/h5-18,21-22,39H,1,3,19-20H2,2,4H3,(H,41,42)/b30-11-. The Morgan fingerprint density at radius 2 is 1.62 bits per heavy atom. The van der Waals surface area contributed by atoms with Crippen molar-refractivity contribution < 1.29 is 8.78 Å². The smallest absolute Gasteiger partial charge is 0.138 e. The van der Waals surface area contributed by atoms with Gasteiger partial charge < -0.3 is 10.3 Å². The van der Waals surface area contributed by atoms with E-state index in [9.17, 15) is 4.39 Å². The lowest BCUT2D eigenvalue weighted by Crippen LogP contribution is -2.12. The average Bonchev–Trinajstić information content (AvgIpc) is 3.38. The minimum atomic E-state index is -0.349. The van der Waals surface area contributed by atoms with Crippen molar-refractivity contribution in [2.75, 3.05) is 0 Å². The second kappa shape index (κ2) is 12.7. The van der Waals surface area contributed by atoms with Crippen LogP contribution in [-0.2, 0) is 13.1 Å². The summed E-state index contributed by atoms with van der Waals surface area (Å²) in [5, 5.41) is 3.42. The van der Waals surface area contributed by atoms with Crippen molar-refractivity contribution in [2.24, 2.45) is 0 Å². The van der Waals surface area contributed by atoms with Gasteiger partial charge in [-0.3, -0.25) is 4.98 Å². The molecule has 5 aromatic rings. The summed E-state index contributed by atoms with van der Waals surface area (Å²) >= 11 is 0. The lowest BCUT2D eigenvalue weighted by molar-refractivity contribution is 0.624. The highest BCUT2D eigenvalue weighted by Crippen LogP contribution is 2.33. The van der Waals surface area contributed by atoms with Crippen LogP contribution >= 0.6 is 0 Å². The molecule has 0 saturated heterocycles. The molecule has 6 heteroatoms. The highest BCUT2D eigenvalue weighted by molar-refractivity contribution is 5.84. The van der Waals surface area contributed by atoms with E-state index in [-0.39, 0.29) is 11.6 Å². The topological polar surface area (TPSA) is 53.6 Å². The zero-order valence-corrected chi connectivity index (χ0v) is 23.7. The molecule has 3 aromatic carbocycles. The van der Waals surface area contributed by atoms with E-state index in [0.717, 1.165) is 28.9 Å². The van der Waals surface area contributed by atoms with Crippen LogP contribution in [0.1, 0.15) is 45.0 Å². The van der Waals surface area contributed by atoms with Crippen molar-refractivity contribution in [3.05, 3.63) is 167 Å². The normalized spacial score (nSPS) is 11.5. The Labute approximate surface area is 245 Å². The van der Waals surface area contributed by atoms with E-state index in [2.05, 4.69) is 40.6 Å². The molecule has 0 atom stereocenters. The Morgan fingerprint density at radius 3 is 2.38 bits per heavy atom. The number of nitrogens with one attached hydrogen (secondary N) is 2. The highest BCUT2D eigenvalue weighted by Gasteiger charge is 2.19. The third-order valence-electron chi connectivity index (χ3n) is 7.12. The van der Waals surface area contributed by atoms with E-state index >= 15 is 4.39 Å². The van der Waals surface area contributed by atoms with Crippen molar-refractivity contribution in [2.45, 2.75) is 26.9 Å². The fraction of sp³-hybridized carbons (Fsp3) is 0.111. The molecular weight excluding hydrogens is 526 g/mol. The SMILES string of the molecule is C=C/C=C(/c1ccccc1F)c1nc(C(=C)c2cc(-c3cncc(CNCc4ccccc4)c3)c(F)cc2C)[nH]c1C. The molecule has 2 aromatic heterocycles. The van der Waals surface area contributed by atoms with Crippen LogP contribution < -0.4 is 5.32 Å². The fourth-order valence-electron chi connectivity index (χ4n) is 4.98. The summed E-state index contributed by atoms with van der Waals surface area (Å²) in [4.78, 5) is 12.5. The van der Waals surface area contributed by atoms with Gasteiger partial charge in [-0.05, 0) is 60.4 Å². The van der Waals surface area contributed by atoms with Crippen LogP contribution in [-0.4, -0.2) is 15.0 Å². The number of H-pyrrole nitrogens is 1. The van der Waals surface area contributed by atoms with Gasteiger partial charge in [0.25, 0.3) is 0 Å². The van der Waals surface area contributed by atoms with Gasteiger partial charge in [0, 0.05) is 59.0 Å². The number of benzene rings is 3. The zero-order valence-electron chi connectivity index (χ0n) is 23.7. The molecule has 4 nitrogen and oxygen atoms in total. The summed E-state index contributed by atoms with van der Waals surface area (Å²) in [6.45, 7) is 13.1. The van der Waals surface area contributed by atoms with Gasteiger partial charge >= 0.3 is 0 Å². The maximum atomic E-state index is 15.3. The molecule has 0 aliphatic rings. The van der Waals surface area contributed by atoms with E-state index < -0.39 is 0 Å². The van der Waals surface area contributed by atoms with Crippen molar-refractivity contribution in [1.82, 2.24) is 20.3 Å². The van der Waals surface area contributed by atoms with Gasteiger partial charge in [-0.1, -0.05) is 73.8 Å². The number of pyridine rings is 1. The maximum Gasteiger partial charge on any atom is 0.138 e. The maximum absolute atomic E-state index is 15.3. The van der Waals surface area contributed by atoms with Gasteiger partial charge in [0.05, 0.1) is 5.69 Å². The van der Waals surface area contributed by atoms with Crippen LogP contribution in [0, 0.1) is 25.5 Å². The molecule has 0 aliphatic carbocycles. The molecule has 42 heavy (non-hydrogen) atoms. The van der Waals surface area contributed by atoms with Gasteiger partial charge in [0.1, 0.15) is 17.5 Å². The molecule has 0 unspecified atom stereocenters.